The van der Waals surface area contributed by atoms with Crippen LogP contribution < -0.4 is 0 Å². The molecule has 0 aliphatic rings. The third-order valence-corrected chi connectivity index (χ3v) is 2.25. The van der Waals surface area contributed by atoms with E-state index in [0.29, 0.717) is 17.5 Å². The molecule has 0 saturated heterocycles. The highest BCUT2D eigenvalue weighted by Crippen LogP contribution is 2.22. The lowest BCUT2D eigenvalue weighted by molar-refractivity contribution is 0.431. The fourth-order valence-electron chi connectivity index (χ4n) is 1.43. The quantitative estimate of drug-likeness (QED) is 0.698. The summed E-state index contributed by atoms with van der Waals surface area (Å²) < 4.78 is 5.11. The van der Waals surface area contributed by atoms with Crippen LogP contribution in [0.3, 0.4) is 0 Å². The van der Waals surface area contributed by atoms with Gasteiger partial charge in [0, 0.05) is 18.0 Å². The van der Waals surface area contributed by atoms with Gasteiger partial charge in [0.25, 0.3) is 5.89 Å². The van der Waals surface area contributed by atoms with Crippen LogP contribution >= 0.6 is 0 Å². The van der Waals surface area contributed by atoms with Crippen molar-refractivity contribution in [1.29, 1.82) is 0 Å². The number of aromatic hydroxyl groups is 1. The highest BCUT2D eigenvalue weighted by molar-refractivity contribution is 5.56. The standard InChI is InChI=1S/C11H8N4O2/c16-8-3-1-7(2-4-8)11-14-10(15-17-11)9-12-5-6-13-9/h1-6,16H,(H,12,13). The molecule has 0 saturated carbocycles. The SMILES string of the molecule is Oc1ccc(-c2nc(-c3ncc[nH]3)no2)cc1. The van der Waals surface area contributed by atoms with Crippen molar-refractivity contribution in [3.05, 3.63) is 36.7 Å². The zero-order chi connectivity index (χ0) is 11.7. The first-order valence-electron chi connectivity index (χ1n) is 4.96. The molecule has 3 aromatic rings. The maximum Gasteiger partial charge on any atom is 0.258 e. The molecule has 6 nitrogen and oxygen atoms in total. The average Bonchev–Trinajstić information content (AvgIpc) is 3.00. The van der Waals surface area contributed by atoms with Crippen molar-refractivity contribution in [1.82, 2.24) is 20.1 Å². The fourth-order valence-corrected chi connectivity index (χ4v) is 1.43. The number of hydrogen-bond donors (Lipinski definition) is 2. The molecular weight excluding hydrogens is 220 g/mol. The van der Waals surface area contributed by atoms with Crippen molar-refractivity contribution in [2.24, 2.45) is 0 Å². The molecule has 0 amide bonds. The lowest BCUT2D eigenvalue weighted by Crippen LogP contribution is -1.82. The minimum atomic E-state index is 0.194. The third-order valence-electron chi connectivity index (χ3n) is 2.25. The Morgan fingerprint density at radius 2 is 2.00 bits per heavy atom. The Kier molecular flexibility index (Phi) is 2.11. The van der Waals surface area contributed by atoms with Gasteiger partial charge in [0.15, 0.2) is 5.82 Å². The second-order valence-electron chi connectivity index (χ2n) is 3.41. The molecule has 2 heterocycles. The van der Waals surface area contributed by atoms with Gasteiger partial charge in [-0.05, 0) is 24.3 Å². The van der Waals surface area contributed by atoms with Gasteiger partial charge < -0.3 is 14.6 Å². The molecule has 17 heavy (non-hydrogen) atoms. The Labute approximate surface area is 96.0 Å². The number of aromatic amines is 1. The summed E-state index contributed by atoms with van der Waals surface area (Å²) in [4.78, 5) is 11.1. The van der Waals surface area contributed by atoms with E-state index >= 15 is 0 Å². The van der Waals surface area contributed by atoms with Crippen LogP contribution in [0, 0.1) is 0 Å². The summed E-state index contributed by atoms with van der Waals surface area (Å²) in [6, 6.07) is 6.53. The topological polar surface area (TPSA) is 87.8 Å². The maximum atomic E-state index is 9.18. The van der Waals surface area contributed by atoms with Gasteiger partial charge in [-0.1, -0.05) is 5.16 Å². The van der Waals surface area contributed by atoms with Gasteiger partial charge in [-0.25, -0.2) is 4.98 Å². The molecule has 0 radical (unpaired) electrons. The van der Waals surface area contributed by atoms with Crippen LogP contribution in [-0.4, -0.2) is 25.2 Å². The maximum absolute atomic E-state index is 9.18. The number of hydrogen-bond acceptors (Lipinski definition) is 5. The second kappa shape index (κ2) is 3.75. The lowest BCUT2D eigenvalue weighted by Gasteiger charge is -1.93. The van der Waals surface area contributed by atoms with Gasteiger partial charge in [0.1, 0.15) is 5.75 Å². The Hall–Kier alpha value is -2.63. The second-order valence-corrected chi connectivity index (χ2v) is 3.41. The minimum Gasteiger partial charge on any atom is -0.508 e. The highest BCUT2D eigenvalue weighted by Gasteiger charge is 2.11. The first-order valence-corrected chi connectivity index (χ1v) is 4.96. The van der Waals surface area contributed by atoms with Crippen LogP contribution in [0.4, 0.5) is 0 Å². The van der Waals surface area contributed by atoms with E-state index in [9.17, 15) is 5.11 Å². The van der Waals surface area contributed by atoms with Crippen molar-refractivity contribution in [2.45, 2.75) is 0 Å². The zero-order valence-corrected chi connectivity index (χ0v) is 8.66. The molecule has 2 N–H and O–H groups in total. The van der Waals surface area contributed by atoms with Gasteiger partial charge in [-0.15, -0.1) is 0 Å². The van der Waals surface area contributed by atoms with Crippen LogP contribution in [0.15, 0.2) is 41.2 Å². The lowest BCUT2D eigenvalue weighted by atomic mass is 10.2. The van der Waals surface area contributed by atoms with E-state index < -0.39 is 0 Å². The molecule has 0 aliphatic heterocycles. The normalized spacial score (nSPS) is 10.6. The van der Waals surface area contributed by atoms with Gasteiger partial charge in [-0.3, -0.25) is 0 Å². The molecular formula is C11H8N4O2. The average molecular weight is 228 g/mol. The zero-order valence-electron chi connectivity index (χ0n) is 8.66. The molecule has 0 atom stereocenters. The van der Waals surface area contributed by atoms with Crippen LogP contribution in [0.2, 0.25) is 0 Å². The van der Waals surface area contributed by atoms with E-state index in [1.54, 1.807) is 36.7 Å². The van der Waals surface area contributed by atoms with Gasteiger partial charge in [0.2, 0.25) is 5.82 Å². The molecule has 1 aromatic carbocycles. The van der Waals surface area contributed by atoms with Crippen molar-refractivity contribution >= 4 is 0 Å². The molecule has 0 unspecified atom stereocenters. The van der Waals surface area contributed by atoms with Crippen LogP contribution in [0.1, 0.15) is 0 Å². The molecule has 84 valence electrons. The number of nitrogens with one attached hydrogen (secondary N) is 1. The number of H-pyrrole nitrogens is 1. The van der Waals surface area contributed by atoms with Gasteiger partial charge in [-0.2, -0.15) is 4.98 Å². The van der Waals surface area contributed by atoms with Crippen LogP contribution in [0.25, 0.3) is 23.1 Å². The van der Waals surface area contributed by atoms with E-state index in [2.05, 4.69) is 20.1 Å². The predicted octanol–water partition coefficient (Wildman–Crippen LogP) is 1.83. The van der Waals surface area contributed by atoms with Crippen molar-refractivity contribution in [3.63, 3.8) is 0 Å². The summed E-state index contributed by atoms with van der Waals surface area (Å²) in [7, 11) is 0. The number of imidazole rings is 1. The van der Waals surface area contributed by atoms with Gasteiger partial charge in [0.05, 0.1) is 0 Å². The summed E-state index contributed by atoms with van der Waals surface area (Å²) in [5.41, 5.74) is 0.744. The number of nitrogens with zero attached hydrogens (tertiary/aromatic N) is 3. The first kappa shape index (κ1) is 9.59. The molecule has 0 bridgehead atoms. The molecule has 0 fully saturated rings. The Morgan fingerprint density at radius 1 is 1.18 bits per heavy atom. The predicted molar refractivity (Wildman–Crippen MR) is 59.0 cm³/mol. The Morgan fingerprint density at radius 3 is 2.71 bits per heavy atom. The summed E-state index contributed by atoms with van der Waals surface area (Å²) in [6.07, 6.45) is 3.30. The molecule has 0 aliphatic carbocycles. The largest absolute Gasteiger partial charge is 0.508 e. The number of phenols is 1. The van der Waals surface area contributed by atoms with E-state index in [1.807, 2.05) is 0 Å². The highest BCUT2D eigenvalue weighted by atomic mass is 16.5. The third kappa shape index (κ3) is 1.76. The van der Waals surface area contributed by atoms with Crippen molar-refractivity contribution < 1.29 is 9.63 Å². The number of phenolic OH excluding ortho intramolecular Hbond substituents is 1. The van der Waals surface area contributed by atoms with E-state index in [-0.39, 0.29) is 5.75 Å². The van der Waals surface area contributed by atoms with Crippen LogP contribution in [0.5, 0.6) is 5.75 Å². The summed E-state index contributed by atoms with van der Waals surface area (Å²) in [6.45, 7) is 0. The fraction of sp³-hybridized carbons (Fsp3) is 0. The van der Waals surface area contributed by atoms with Crippen molar-refractivity contribution in [2.75, 3.05) is 0 Å². The smallest absolute Gasteiger partial charge is 0.258 e. The molecule has 2 aromatic heterocycles. The van der Waals surface area contributed by atoms with Crippen molar-refractivity contribution in [3.8, 4) is 28.9 Å². The minimum absolute atomic E-state index is 0.194. The monoisotopic (exact) mass is 228 g/mol. The van der Waals surface area contributed by atoms with E-state index in [0.717, 1.165) is 5.56 Å². The molecule has 6 heteroatoms. The van der Waals surface area contributed by atoms with Crippen LogP contribution in [-0.2, 0) is 0 Å². The molecule has 0 spiro atoms. The number of aromatic nitrogens is 4. The molecule has 3 rings (SSSR count). The number of rotatable bonds is 2. The van der Waals surface area contributed by atoms with E-state index in [4.69, 9.17) is 4.52 Å². The summed E-state index contributed by atoms with van der Waals surface area (Å²) >= 11 is 0. The summed E-state index contributed by atoms with van der Waals surface area (Å²) in [5.74, 6) is 1.53. The Balaban J connectivity index is 1.98. The van der Waals surface area contributed by atoms with E-state index in [1.165, 1.54) is 0 Å². The van der Waals surface area contributed by atoms with Gasteiger partial charge >= 0.3 is 0 Å². The summed E-state index contributed by atoms with van der Waals surface area (Å²) in [5, 5.41) is 13.0. The first-order chi connectivity index (χ1) is 8.33. The Bertz CT molecular complexity index is 613. The number of benzene rings is 1.